The number of hydrogen-bond donors (Lipinski definition) is 1. The summed E-state index contributed by atoms with van der Waals surface area (Å²) in [5.41, 5.74) is 1.13. The predicted octanol–water partition coefficient (Wildman–Crippen LogP) is 2.91. The van der Waals surface area contributed by atoms with Crippen LogP contribution in [0.15, 0.2) is 61.3 Å². The van der Waals surface area contributed by atoms with Gasteiger partial charge < -0.3 is 10.2 Å². The molecule has 0 unspecified atom stereocenters. The maximum absolute atomic E-state index is 12.3. The minimum Gasteiger partial charge on any atom is -0.360 e. The molecule has 5 nitrogen and oxygen atoms in total. The molecule has 0 fully saturated rings. The topological polar surface area (TPSA) is 73.2 Å². The molecule has 1 aromatic rings. The van der Waals surface area contributed by atoms with Crippen LogP contribution in [0, 0.1) is 11.3 Å². The molecule has 1 aromatic carbocycles. The van der Waals surface area contributed by atoms with Gasteiger partial charge in [0.2, 0.25) is 0 Å². The Labute approximate surface area is 136 Å². The van der Waals surface area contributed by atoms with Crippen LogP contribution in [0.2, 0.25) is 0 Å². The number of rotatable bonds is 8. The molecule has 0 aliphatic carbocycles. The van der Waals surface area contributed by atoms with E-state index in [1.807, 2.05) is 6.07 Å². The van der Waals surface area contributed by atoms with Gasteiger partial charge >= 0.3 is 0 Å². The fourth-order valence-electron chi connectivity index (χ4n) is 1.85. The number of nitrogens with zero attached hydrogens (tertiary/aromatic N) is 2. The van der Waals surface area contributed by atoms with Crippen molar-refractivity contribution in [2.45, 2.75) is 6.92 Å². The Kier molecular flexibility index (Phi) is 7.02. The summed E-state index contributed by atoms with van der Waals surface area (Å²) in [5, 5.41) is 12.1. The van der Waals surface area contributed by atoms with E-state index in [0.717, 1.165) is 0 Å². The smallest absolute Gasteiger partial charge is 0.266 e. The van der Waals surface area contributed by atoms with Crippen LogP contribution >= 0.6 is 0 Å². The molecule has 0 saturated carbocycles. The molecule has 0 atom stereocenters. The van der Waals surface area contributed by atoms with E-state index in [4.69, 9.17) is 0 Å². The fraction of sp³-hybridized carbons (Fsp3) is 0.167. The molecule has 0 aliphatic heterocycles. The Bertz CT molecular complexity index is 674. The number of Topliss-reactive ketones (excluding diaryl/α,β-unsaturated/α-hetero) is 1. The van der Waals surface area contributed by atoms with Crippen LogP contribution in [-0.4, -0.2) is 29.7 Å². The molecule has 0 heterocycles. The summed E-state index contributed by atoms with van der Waals surface area (Å²) >= 11 is 0. The summed E-state index contributed by atoms with van der Waals surface area (Å²) in [6.07, 6.45) is 4.50. The molecule has 118 valence electrons. The number of nitrogens with one attached hydrogen (secondary N) is 1. The summed E-state index contributed by atoms with van der Waals surface area (Å²) in [7, 11) is 0. The molecule has 0 saturated heterocycles. The lowest BCUT2D eigenvalue weighted by molar-refractivity contribution is -0.125. The van der Waals surface area contributed by atoms with E-state index in [1.165, 1.54) is 18.0 Å². The lowest BCUT2D eigenvalue weighted by Crippen LogP contribution is -2.32. The van der Waals surface area contributed by atoms with Crippen molar-refractivity contribution in [1.29, 1.82) is 5.26 Å². The summed E-state index contributed by atoms with van der Waals surface area (Å²) in [5.74, 6) is -0.472. The first-order valence-corrected chi connectivity index (χ1v) is 7.02. The second kappa shape index (κ2) is 9.00. The van der Waals surface area contributed by atoms with Crippen molar-refractivity contribution in [1.82, 2.24) is 4.90 Å². The van der Waals surface area contributed by atoms with Gasteiger partial charge in [-0.3, -0.25) is 9.59 Å². The van der Waals surface area contributed by atoms with Gasteiger partial charge in [0.15, 0.2) is 5.78 Å². The Balaban J connectivity index is 2.94. The van der Waals surface area contributed by atoms with E-state index in [0.29, 0.717) is 24.3 Å². The second-order valence-electron chi connectivity index (χ2n) is 4.74. The molecule has 1 N–H and O–H groups in total. The van der Waals surface area contributed by atoms with Gasteiger partial charge in [-0.05, 0) is 19.1 Å². The van der Waals surface area contributed by atoms with Crippen molar-refractivity contribution in [2.75, 3.05) is 18.4 Å². The lowest BCUT2D eigenvalue weighted by atomic mass is 10.1. The Hall–Kier alpha value is -3.13. The van der Waals surface area contributed by atoms with E-state index in [9.17, 15) is 14.9 Å². The van der Waals surface area contributed by atoms with Crippen LogP contribution in [0.5, 0.6) is 0 Å². The number of nitriles is 1. The van der Waals surface area contributed by atoms with E-state index < -0.39 is 5.91 Å². The third-order valence-corrected chi connectivity index (χ3v) is 2.99. The van der Waals surface area contributed by atoms with E-state index >= 15 is 0 Å². The first kappa shape index (κ1) is 17.9. The monoisotopic (exact) mass is 309 g/mol. The van der Waals surface area contributed by atoms with Crippen LogP contribution in [0.25, 0.3) is 0 Å². The minimum atomic E-state index is -0.414. The van der Waals surface area contributed by atoms with Crippen LogP contribution in [0.1, 0.15) is 17.3 Å². The first-order valence-electron chi connectivity index (χ1n) is 7.02. The fourth-order valence-corrected chi connectivity index (χ4v) is 1.85. The molecule has 0 radical (unpaired) electrons. The van der Waals surface area contributed by atoms with E-state index in [1.54, 1.807) is 36.4 Å². The maximum Gasteiger partial charge on any atom is 0.266 e. The van der Waals surface area contributed by atoms with Crippen LogP contribution in [0.4, 0.5) is 5.69 Å². The summed E-state index contributed by atoms with van der Waals surface area (Å²) in [4.78, 5) is 25.1. The van der Waals surface area contributed by atoms with Gasteiger partial charge in [-0.2, -0.15) is 5.26 Å². The number of amides is 1. The highest BCUT2D eigenvalue weighted by molar-refractivity contribution is 5.98. The number of benzene rings is 1. The van der Waals surface area contributed by atoms with Crippen molar-refractivity contribution < 1.29 is 9.59 Å². The molecule has 1 rings (SSSR count). The third-order valence-electron chi connectivity index (χ3n) is 2.99. The Morgan fingerprint density at radius 2 is 1.96 bits per heavy atom. The molecular formula is C18H19N3O2. The minimum absolute atomic E-state index is 0.0399. The second-order valence-corrected chi connectivity index (χ2v) is 4.74. The molecule has 0 aromatic heterocycles. The van der Waals surface area contributed by atoms with Gasteiger partial charge in [0.25, 0.3) is 5.91 Å². The summed E-state index contributed by atoms with van der Waals surface area (Å²) in [6.45, 7) is 9.30. The van der Waals surface area contributed by atoms with Crippen molar-refractivity contribution in [2.24, 2.45) is 0 Å². The van der Waals surface area contributed by atoms with E-state index in [-0.39, 0.29) is 11.4 Å². The van der Waals surface area contributed by atoms with Crippen molar-refractivity contribution >= 4 is 17.4 Å². The standard InChI is InChI=1S/C18H19N3O2/c1-4-9-21(10-5-2)18(23)16(12-19)13-20-17-8-6-7-15(11-17)14(3)22/h4-8,11,13,20H,1-2,9-10H2,3H3/b16-13-. The van der Waals surface area contributed by atoms with Crippen molar-refractivity contribution in [3.05, 3.63) is 66.9 Å². The summed E-state index contributed by atoms with van der Waals surface area (Å²) < 4.78 is 0. The van der Waals surface area contributed by atoms with Crippen LogP contribution in [0.3, 0.4) is 0 Å². The van der Waals surface area contributed by atoms with Crippen molar-refractivity contribution in [3.63, 3.8) is 0 Å². The molecule has 23 heavy (non-hydrogen) atoms. The number of hydrogen-bond acceptors (Lipinski definition) is 4. The average Bonchev–Trinajstić information content (AvgIpc) is 2.55. The van der Waals surface area contributed by atoms with Crippen molar-refractivity contribution in [3.8, 4) is 6.07 Å². The molecule has 0 bridgehead atoms. The van der Waals surface area contributed by atoms with E-state index in [2.05, 4.69) is 18.5 Å². The zero-order valence-corrected chi connectivity index (χ0v) is 13.1. The van der Waals surface area contributed by atoms with Gasteiger partial charge in [-0.15, -0.1) is 13.2 Å². The average molecular weight is 309 g/mol. The highest BCUT2D eigenvalue weighted by Crippen LogP contribution is 2.12. The van der Waals surface area contributed by atoms with Gasteiger partial charge in [-0.1, -0.05) is 24.3 Å². The highest BCUT2D eigenvalue weighted by atomic mass is 16.2. The maximum atomic E-state index is 12.3. The molecular weight excluding hydrogens is 290 g/mol. The Morgan fingerprint density at radius 3 is 2.48 bits per heavy atom. The molecule has 0 aliphatic rings. The number of carbonyl (C=O) groups excluding carboxylic acids is 2. The van der Waals surface area contributed by atoms with Crippen LogP contribution < -0.4 is 5.32 Å². The van der Waals surface area contributed by atoms with Gasteiger partial charge in [0.05, 0.1) is 0 Å². The number of ketones is 1. The summed E-state index contributed by atoms with van der Waals surface area (Å²) in [6, 6.07) is 8.70. The SMILES string of the molecule is C=CCN(CC=C)C(=O)/C(C#N)=C\Nc1cccc(C(C)=O)c1. The quantitative estimate of drug-likeness (QED) is 0.347. The predicted molar refractivity (Wildman–Crippen MR) is 90.7 cm³/mol. The van der Waals surface area contributed by atoms with Crippen LogP contribution in [-0.2, 0) is 4.79 Å². The zero-order valence-electron chi connectivity index (χ0n) is 13.1. The molecule has 0 spiro atoms. The molecule has 5 heteroatoms. The number of anilines is 1. The molecule has 1 amide bonds. The normalized spacial score (nSPS) is 10.3. The largest absolute Gasteiger partial charge is 0.360 e. The third kappa shape index (κ3) is 5.29. The van der Waals surface area contributed by atoms with Gasteiger partial charge in [0, 0.05) is 30.5 Å². The lowest BCUT2D eigenvalue weighted by Gasteiger charge is -2.18. The Morgan fingerprint density at radius 1 is 1.30 bits per heavy atom. The van der Waals surface area contributed by atoms with Gasteiger partial charge in [-0.25, -0.2) is 0 Å². The number of carbonyl (C=O) groups is 2. The highest BCUT2D eigenvalue weighted by Gasteiger charge is 2.16. The van der Waals surface area contributed by atoms with Gasteiger partial charge in [0.1, 0.15) is 11.6 Å². The first-order chi connectivity index (χ1) is 11.0. The zero-order chi connectivity index (χ0) is 17.2.